The van der Waals surface area contributed by atoms with Gasteiger partial charge in [0.1, 0.15) is 12.0 Å². The van der Waals surface area contributed by atoms with Crippen LogP contribution < -0.4 is 5.32 Å². The summed E-state index contributed by atoms with van der Waals surface area (Å²) < 4.78 is 19.1. The molecule has 1 fully saturated rings. The molecule has 0 spiro atoms. The van der Waals surface area contributed by atoms with E-state index in [1.165, 1.54) is 12.1 Å². The summed E-state index contributed by atoms with van der Waals surface area (Å²) in [6.07, 6.45) is -2.14. The fourth-order valence-corrected chi connectivity index (χ4v) is 5.09. The summed E-state index contributed by atoms with van der Waals surface area (Å²) in [6, 6.07) is 4.19. The van der Waals surface area contributed by atoms with Crippen molar-refractivity contribution < 1.29 is 53.8 Å². The Morgan fingerprint density at radius 3 is 2.35 bits per heavy atom. The van der Waals surface area contributed by atoms with E-state index in [4.69, 9.17) is 25.2 Å². The van der Waals surface area contributed by atoms with Crippen LogP contribution in [0.2, 0.25) is 0 Å². The van der Waals surface area contributed by atoms with Crippen molar-refractivity contribution in [2.45, 2.75) is 38.2 Å². The van der Waals surface area contributed by atoms with Crippen molar-refractivity contribution in [3.63, 3.8) is 0 Å². The maximum Gasteiger partial charge on any atom is 0.335 e. The average Bonchev–Trinajstić information content (AvgIpc) is 3.40. The number of carbonyl (C=O) groups is 4. The van der Waals surface area contributed by atoms with Crippen molar-refractivity contribution in [1.82, 2.24) is 14.8 Å². The lowest BCUT2D eigenvalue weighted by atomic mass is 10.0. The molecule has 1 saturated heterocycles. The van der Waals surface area contributed by atoms with Gasteiger partial charge in [0.25, 0.3) is 11.8 Å². The molecule has 3 atom stereocenters. The maximum atomic E-state index is 13.8. The third-order valence-electron chi connectivity index (χ3n) is 7.43. The summed E-state index contributed by atoms with van der Waals surface area (Å²) >= 11 is 0. The number of hydrogen-bond donors (Lipinski definition) is 7. The van der Waals surface area contributed by atoms with Crippen molar-refractivity contribution in [3.05, 3.63) is 52.1 Å². The van der Waals surface area contributed by atoms with E-state index in [0.29, 0.717) is 67.4 Å². The van der Waals surface area contributed by atoms with Crippen LogP contribution in [0.4, 0.5) is 10.1 Å². The van der Waals surface area contributed by atoms with Gasteiger partial charge in [-0.2, -0.15) is 0 Å². The highest BCUT2D eigenvalue weighted by Crippen LogP contribution is 2.35. The number of benzene rings is 1. The molecule has 0 bridgehead atoms. The van der Waals surface area contributed by atoms with Crippen LogP contribution in [-0.4, -0.2) is 122 Å². The number of amides is 2. The second kappa shape index (κ2) is 13.4. The molecule has 2 amide bonds. The first-order valence-electron chi connectivity index (χ1n) is 13.5. The van der Waals surface area contributed by atoms with E-state index in [2.05, 4.69) is 10.3 Å². The number of anilines is 1. The molecule has 1 aromatic carbocycles. The normalized spacial score (nSPS) is 19.8. The number of carbonyl (C=O) groups excluding carboxylic acids is 2. The number of carboxylic acid groups (broad SMARTS) is 2. The van der Waals surface area contributed by atoms with Gasteiger partial charge < -0.3 is 45.5 Å². The lowest BCUT2D eigenvalue weighted by Gasteiger charge is -2.34. The number of ether oxygens (including phenoxy) is 1. The number of aromatic amines is 1. The van der Waals surface area contributed by atoms with E-state index in [1.807, 2.05) is 11.8 Å². The maximum absolute atomic E-state index is 13.8. The van der Waals surface area contributed by atoms with E-state index in [1.54, 1.807) is 17.0 Å². The average molecular weight is 605 g/mol. The van der Waals surface area contributed by atoms with Crippen molar-refractivity contribution in [2.75, 3.05) is 44.7 Å². The minimum absolute atomic E-state index is 0.129. The molecular formula is C28H33FN4O10. The van der Waals surface area contributed by atoms with Crippen LogP contribution >= 0.6 is 0 Å². The summed E-state index contributed by atoms with van der Waals surface area (Å²) in [5, 5.41) is 46.0. The van der Waals surface area contributed by atoms with E-state index in [0.717, 1.165) is 17.7 Å². The number of fused-ring (bicyclic) bond motifs is 2. The molecular weight excluding hydrogens is 571 g/mol. The van der Waals surface area contributed by atoms with Crippen LogP contribution in [0, 0.1) is 12.7 Å². The molecule has 0 saturated carbocycles. The van der Waals surface area contributed by atoms with Crippen LogP contribution in [0.3, 0.4) is 0 Å². The highest BCUT2D eigenvalue weighted by molar-refractivity contribution is 6.34. The summed E-state index contributed by atoms with van der Waals surface area (Å²) in [5.41, 5.74) is 4.25. The lowest BCUT2D eigenvalue weighted by molar-refractivity contribution is -0.165. The zero-order valence-corrected chi connectivity index (χ0v) is 23.2. The van der Waals surface area contributed by atoms with Gasteiger partial charge in [0, 0.05) is 42.3 Å². The highest BCUT2D eigenvalue weighted by atomic mass is 19.1. The third-order valence-corrected chi connectivity index (χ3v) is 7.43. The van der Waals surface area contributed by atoms with Gasteiger partial charge >= 0.3 is 11.9 Å². The Hall–Kier alpha value is -4.15. The van der Waals surface area contributed by atoms with Gasteiger partial charge in [-0.05, 0) is 49.6 Å². The number of nitrogens with one attached hydrogen (secondary N) is 2. The number of aliphatic carboxylic acids is 2. The molecule has 5 rings (SSSR count). The molecule has 15 heteroatoms. The molecule has 4 heterocycles. The second-order valence-electron chi connectivity index (χ2n) is 10.3. The van der Waals surface area contributed by atoms with Crippen molar-refractivity contribution in [2.24, 2.45) is 0 Å². The zero-order valence-electron chi connectivity index (χ0n) is 23.2. The van der Waals surface area contributed by atoms with Gasteiger partial charge in [-0.15, -0.1) is 0 Å². The number of halogens is 1. The molecule has 1 aromatic heterocycles. The van der Waals surface area contributed by atoms with Crippen LogP contribution in [0.25, 0.3) is 11.6 Å². The van der Waals surface area contributed by atoms with E-state index < -0.39 is 36.2 Å². The molecule has 232 valence electrons. The first kappa shape index (κ1) is 31.8. The van der Waals surface area contributed by atoms with Gasteiger partial charge in [0.15, 0.2) is 12.2 Å². The van der Waals surface area contributed by atoms with Crippen LogP contribution in [-0.2, 0) is 25.5 Å². The molecule has 2 aromatic rings. The lowest BCUT2D eigenvalue weighted by Crippen LogP contribution is -2.50. The van der Waals surface area contributed by atoms with Crippen LogP contribution in [0.5, 0.6) is 0 Å². The Morgan fingerprint density at radius 2 is 1.72 bits per heavy atom. The monoisotopic (exact) mass is 604 g/mol. The second-order valence-corrected chi connectivity index (χ2v) is 10.3. The number of morpholine rings is 1. The summed E-state index contributed by atoms with van der Waals surface area (Å²) in [5.74, 6) is -4.39. The van der Waals surface area contributed by atoms with Gasteiger partial charge in [0.05, 0.1) is 30.9 Å². The predicted molar refractivity (Wildman–Crippen MR) is 148 cm³/mol. The summed E-state index contributed by atoms with van der Waals surface area (Å²) in [6.45, 7) is 5.07. The Kier molecular flexibility index (Phi) is 9.93. The zero-order chi connectivity index (χ0) is 31.4. The van der Waals surface area contributed by atoms with E-state index in [-0.39, 0.29) is 18.4 Å². The first-order valence-corrected chi connectivity index (χ1v) is 13.5. The topological polar surface area (TPSA) is 213 Å². The SMILES string of the molecule is Cc1c(/C=C2\C(=O)Nc3ccc(F)cc32)[nH]c2c1C(=O)N(C[C@H](O)N1CCOCC1)CCC2.O=C(O)C(O)C(O)C(=O)O. The number of aliphatic hydroxyl groups is 3. The number of rotatable bonds is 7. The van der Waals surface area contributed by atoms with Gasteiger partial charge in [-0.3, -0.25) is 14.5 Å². The van der Waals surface area contributed by atoms with Crippen molar-refractivity contribution in [3.8, 4) is 0 Å². The molecule has 2 unspecified atom stereocenters. The molecule has 3 aliphatic rings. The predicted octanol–water partition coefficient (Wildman–Crippen LogP) is -0.129. The fourth-order valence-electron chi connectivity index (χ4n) is 5.09. The largest absolute Gasteiger partial charge is 0.479 e. The number of carboxylic acids is 2. The summed E-state index contributed by atoms with van der Waals surface area (Å²) in [7, 11) is 0. The number of nitrogens with zero attached hydrogens (tertiary/aromatic N) is 2. The van der Waals surface area contributed by atoms with Gasteiger partial charge in [-0.1, -0.05) is 0 Å². The smallest absolute Gasteiger partial charge is 0.335 e. The van der Waals surface area contributed by atoms with Crippen molar-refractivity contribution in [1.29, 1.82) is 0 Å². The number of aliphatic hydroxyl groups excluding tert-OH is 3. The van der Waals surface area contributed by atoms with Gasteiger partial charge in [-0.25, -0.2) is 14.0 Å². The van der Waals surface area contributed by atoms with Crippen molar-refractivity contribution >= 4 is 41.1 Å². The number of hydrogen-bond acceptors (Lipinski definition) is 9. The summed E-state index contributed by atoms with van der Waals surface area (Å²) in [4.78, 5) is 52.4. The first-order chi connectivity index (χ1) is 20.4. The Morgan fingerprint density at radius 1 is 1.07 bits per heavy atom. The number of H-pyrrole nitrogens is 1. The Labute approximate surface area is 245 Å². The third kappa shape index (κ3) is 7.09. The molecule has 14 nitrogen and oxygen atoms in total. The minimum atomic E-state index is -2.27. The van der Waals surface area contributed by atoms with E-state index in [9.17, 15) is 28.7 Å². The molecule has 43 heavy (non-hydrogen) atoms. The molecule has 0 radical (unpaired) electrons. The fraction of sp³-hybridized carbons (Fsp3) is 0.429. The Bertz CT molecular complexity index is 1420. The number of aryl methyl sites for hydroxylation is 1. The molecule has 0 aliphatic carbocycles. The van der Waals surface area contributed by atoms with Crippen LogP contribution in [0.15, 0.2) is 18.2 Å². The molecule has 3 aliphatic heterocycles. The highest BCUT2D eigenvalue weighted by Gasteiger charge is 2.32. The van der Waals surface area contributed by atoms with Gasteiger partial charge in [0.2, 0.25) is 0 Å². The quantitative estimate of drug-likeness (QED) is 0.207. The minimum Gasteiger partial charge on any atom is -0.479 e. The molecule has 7 N–H and O–H groups in total. The van der Waals surface area contributed by atoms with E-state index >= 15 is 0 Å². The number of aromatic nitrogens is 1. The van der Waals surface area contributed by atoms with Crippen LogP contribution in [0.1, 0.15) is 39.3 Å². The standard InChI is InChI=1S/C24H27FN4O4.C4H6O6/c1-14-20(12-17-16-11-15(25)4-5-18(16)27-23(17)31)26-19-3-2-6-29(24(32)22(14)19)13-21(30)28-7-9-33-10-8-28;5-1(3(7)8)2(6)4(9)10/h4-5,11-12,21,26,30H,2-3,6-10,13H2,1H3,(H,27,31);1-2,5-6H,(H,7,8)(H,9,10)/b17-12-;/t21-;/m0./s1. The Balaban J connectivity index is 0.000000365. The number of β-amino-alcohol motifs (C(OH)–C–C–N with tert-alkyl or cyclic N) is 1.